The predicted molar refractivity (Wildman–Crippen MR) is 72.4 cm³/mol. The van der Waals surface area contributed by atoms with Crippen LogP contribution in [0.1, 0.15) is 27.7 Å². The lowest BCUT2D eigenvalue weighted by Crippen LogP contribution is -2.64. The summed E-state index contributed by atoms with van der Waals surface area (Å²) in [5.74, 6) is -0.00288. The fourth-order valence-corrected chi connectivity index (χ4v) is 4.22. The van der Waals surface area contributed by atoms with E-state index in [1.807, 2.05) is 39.0 Å². The van der Waals surface area contributed by atoms with Crippen molar-refractivity contribution in [3.05, 3.63) is 35.1 Å². The third-order valence-electron chi connectivity index (χ3n) is 5.39. The molecule has 5 atom stereocenters. The maximum absolute atomic E-state index is 12.6. The molecule has 4 aliphatic carbocycles. The summed E-state index contributed by atoms with van der Waals surface area (Å²) in [6.45, 7) is 7.27. The van der Waals surface area contributed by atoms with Crippen molar-refractivity contribution in [1.82, 2.24) is 0 Å². The number of carbonyl (C=O) groups is 1. The van der Waals surface area contributed by atoms with E-state index in [0.717, 1.165) is 11.1 Å². The SMILES string of the molecule is CC1=C[C@@H]2[C@@H](C(C)=C1O)[C@H]1C=C[C@@]2(C)C(=O)[C@@]1(C)O. The summed E-state index contributed by atoms with van der Waals surface area (Å²) >= 11 is 0. The molecule has 0 unspecified atom stereocenters. The van der Waals surface area contributed by atoms with Gasteiger partial charge >= 0.3 is 0 Å². The largest absolute Gasteiger partial charge is 0.508 e. The van der Waals surface area contributed by atoms with E-state index in [1.54, 1.807) is 6.92 Å². The van der Waals surface area contributed by atoms with Gasteiger partial charge in [-0.2, -0.15) is 0 Å². The average Bonchev–Trinajstić information content (AvgIpc) is 2.34. The molecule has 19 heavy (non-hydrogen) atoms. The van der Waals surface area contributed by atoms with Crippen LogP contribution in [0.3, 0.4) is 0 Å². The van der Waals surface area contributed by atoms with Crippen molar-refractivity contribution in [1.29, 1.82) is 0 Å². The van der Waals surface area contributed by atoms with Crippen molar-refractivity contribution in [2.45, 2.75) is 33.3 Å². The highest BCUT2D eigenvalue weighted by atomic mass is 16.3. The van der Waals surface area contributed by atoms with Gasteiger partial charge in [-0.25, -0.2) is 0 Å². The van der Waals surface area contributed by atoms with Crippen LogP contribution in [0.4, 0.5) is 0 Å². The van der Waals surface area contributed by atoms with Crippen LogP contribution in [0, 0.1) is 23.2 Å². The Morgan fingerprint density at radius 2 is 1.84 bits per heavy atom. The zero-order valence-electron chi connectivity index (χ0n) is 11.8. The molecule has 0 amide bonds. The van der Waals surface area contributed by atoms with Crippen molar-refractivity contribution in [2.75, 3.05) is 0 Å². The maximum Gasteiger partial charge on any atom is 0.174 e. The number of aliphatic hydroxyl groups excluding tert-OH is 1. The molecule has 1 saturated carbocycles. The lowest BCUT2D eigenvalue weighted by atomic mass is 9.47. The summed E-state index contributed by atoms with van der Waals surface area (Å²) in [6, 6.07) is 0. The first-order chi connectivity index (χ1) is 8.71. The van der Waals surface area contributed by atoms with E-state index < -0.39 is 11.0 Å². The number of carbonyl (C=O) groups excluding carboxylic acids is 1. The predicted octanol–water partition coefficient (Wildman–Crippen LogP) is 2.54. The minimum Gasteiger partial charge on any atom is -0.508 e. The van der Waals surface area contributed by atoms with Gasteiger partial charge in [0.2, 0.25) is 0 Å². The topological polar surface area (TPSA) is 57.5 Å². The molecule has 0 aromatic carbocycles. The lowest BCUT2D eigenvalue weighted by Gasteiger charge is -2.56. The smallest absolute Gasteiger partial charge is 0.174 e. The summed E-state index contributed by atoms with van der Waals surface area (Å²) < 4.78 is 0. The number of aliphatic hydroxyl groups is 2. The van der Waals surface area contributed by atoms with Gasteiger partial charge in [0.15, 0.2) is 5.78 Å². The molecule has 0 spiro atoms. The lowest BCUT2D eigenvalue weighted by molar-refractivity contribution is -0.163. The van der Waals surface area contributed by atoms with Crippen molar-refractivity contribution >= 4 is 5.78 Å². The van der Waals surface area contributed by atoms with Crippen LogP contribution < -0.4 is 0 Å². The molecule has 0 radical (unpaired) electrons. The second kappa shape index (κ2) is 3.40. The van der Waals surface area contributed by atoms with Gasteiger partial charge in [0.1, 0.15) is 11.4 Å². The first-order valence-corrected chi connectivity index (χ1v) is 6.76. The van der Waals surface area contributed by atoms with Gasteiger partial charge in [-0.3, -0.25) is 4.79 Å². The van der Waals surface area contributed by atoms with E-state index in [4.69, 9.17) is 0 Å². The van der Waals surface area contributed by atoms with Gasteiger partial charge in [-0.1, -0.05) is 18.2 Å². The summed E-state index contributed by atoms with van der Waals surface area (Å²) in [5, 5.41) is 20.7. The Hall–Kier alpha value is -1.35. The fraction of sp³-hybridized carbons (Fsp3) is 0.562. The Labute approximate surface area is 113 Å². The van der Waals surface area contributed by atoms with Crippen molar-refractivity contribution in [3.63, 3.8) is 0 Å². The van der Waals surface area contributed by atoms with E-state index in [0.29, 0.717) is 5.76 Å². The Morgan fingerprint density at radius 3 is 2.47 bits per heavy atom. The molecule has 0 aromatic heterocycles. The molecular weight excluding hydrogens is 240 g/mol. The van der Waals surface area contributed by atoms with Crippen molar-refractivity contribution < 1.29 is 15.0 Å². The van der Waals surface area contributed by atoms with Crippen LogP contribution in [0.2, 0.25) is 0 Å². The molecule has 0 heterocycles. The second-order valence-electron chi connectivity index (χ2n) is 6.58. The molecule has 3 heteroatoms. The number of hydrogen-bond acceptors (Lipinski definition) is 3. The van der Waals surface area contributed by atoms with Gasteiger partial charge in [0.05, 0.1) is 5.41 Å². The first kappa shape index (κ1) is 12.7. The van der Waals surface area contributed by atoms with Crippen molar-refractivity contribution in [2.24, 2.45) is 23.2 Å². The Kier molecular flexibility index (Phi) is 2.27. The number of fused-ring (bicyclic) bond motifs is 1. The zero-order valence-corrected chi connectivity index (χ0v) is 11.8. The van der Waals surface area contributed by atoms with Gasteiger partial charge in [0.25, 0.3) is 0 Å². The van der Waals surface area contributed by atoms with Crippen LogP contribution in [-0.2, 0) is 4.79 Å². The third kappa shape index (κ3) is 1.29. The molecule has 0 aliphatic heterocycles. The van der Waals surface area contributed by atoms with Crippen LogP contribution in [0.5, 0.6) is 0 Å². The quantitative estimate of drug-likeness (QED) is 0.658. The van der Waals surface area contributed by atoms with E-state index in [9.17, 15) is 15.0 Å². The number of allylic oxidation sites excluding steroid dienone is 4. The molecule has 4 rings (SSSR count). The normalized spacial score (nSPS) is 48.4. The number of ketones is 1. The summed E-state index contributed by atoms with van der Waals surface area (Å²) in [4.78, 5) is 12.6. The van der Waals surface area contributed by atoms with E-state index in [2.05, 4.69) is 0 Å². The second-order valence-corrected chi connectivity index (χ2v) is 6.58. The summed E-state index contributed by atoms with van der Waals surface area (Å²) in [5.41, 5.74) is -0.302. The summed E-state index contributed by atoms with van der Waals surface area (Å²) in [6.07, 6.45) is 5.89. The highest BCUT2D eigenvalue weighted by Gasteiger charge is 2.63. The molecule has 102 valence electrons. The molecular formula is C16H20O3. The summed E-state index contributed by atoms with van der Waals surface area (Å²) in [7, 11) is 0. The third-order valence-corrected chi connectivity index (χ3v) is 5.39. The van der Waals surface area contributed by atoms with Gasteiger partial charge in [-0.15, -0.1) is 0 Å². The molecule has 2 bridgehead atoms. The van der Waals surface area contributed by atoms with Gasteiger partial charge < -0.3 is 10.2 Å². The fourth-order valence-electron chi connectivity index (χ4n) is 4.22. The van der Waals surface area contributed by atoms with Crippen LogP contribution >= 0.6 is 0 Å². The Morgan fingerprint density at radius 1 is 1.21 bits per heavy atom. The Bertz CT molecular complexity index is 565. The highest BCUT2D eigenvalue weighted by Crippen LogP contribution is 2.58. The molecule has 4 aliphatic rings. The molecule has 0 aromatic rings. The van der Waals surface area contributed by atoms with Crippen LogP contribution in [0.25, 0.3) is 0 Å². The molecule has 0 saturated heterocycles. The average molecular weight is 260 g/mol. The molecule has 2 N–H and O–H groups in total. The number of hydrogen-bond donors (Lipinski definition) is 2. The van der Waals surface area contributed by atoms with Crippen molar-refractivity contribution in [3.8, 4) is 0 Å². The standard InChI is InChI=1S/C16H20O3/c1-8-7-11-12(9(2)13(8)17)10-5-6-15(11,3)14(18)16(10,4)19/h5-7,10-12,17,19H,1-4H3/t10-,11-,12+,15-,16+/m1/s1. The number of Topliss-reactive ketones (excluding diaryl/α,β-unsaturated/α-hetero) is 1. The maximum atomic E-state index is 12.6. The number of rotatable bonds is 0. The van der Waals surface area contributed by atoms with E-state index >= 15 is 0 Å². The first-order valence-electron chi connectivity index (χ1n) is 6.76. The van der Waals surface area contributed by atoms with E-state index in [-0.39, 0.29) is 23.5 Å². The van der Waals surface area contributed by atoms with Gasteiger partial charge in [0, 0.05) is 17.8 Å². The van der Waals surface area contributed by atoms with E-state index in [1.165, 1.54) is 0 Å². The van der Waals surface area contributed by atoms with Crippen LogP contribution in [-0.4, -0.2) is 21.6 Å². The minimum atomic E-state index is -1.34. The molecule has 1 fully saturated rings. The highest BCUT2D eigenvalue weighted by molar-refractivity contribution is 5.97. The Balaban J connectivity index is 2.24. The van der Waals surface area contributed by atoms with Crippen LogP contribution in [0.15, 0.2) is 35.1 Å². The molecule has 3 nitrogen and oxygen atoms in total. The van der Waals surface area contributed by atoms with Gasteiger partial charge in [-0.05, 0) is 38.8 Å². The zero-order chi connectivity index (χ0) is 14.2. The minimum absolute atomic E-state index is 0.00593. The monoisotopic (exact) mass is 260 g/mol.